The van der Waals surface area contributed by atoms with Crippen LogP contribution in [0.1, 0.15) is 52.4 Å². The summed E-state index contributed by atoms with van der Waals surface area (Å²) in [4.78, 5) is 0. The lowest BCUT2D eigenvalue weighted by Gasteiger charge is -2.31. The van der Waals surface area contributed by atoms with Gasteiger partial charge in [0.15, 0.2) is 0 Å². The van der Waals surface area contributed by atoms with Crippen LogP contribution in [0.25, 0.3) is 0 Å². The normalized spacial score (nSPS) is 26.1. The highest BCUT2D eigenvalue weighted by Gasteiger charge is 2.42. The lowest BCUT2D eigenvalue weighted by Crippen LogP contribution is -2.28. The lowest BCUT2D eigenvalue weighted by molar-refractivity contribution is 0.165. The van der Waals surface area contributed by atoms with Crippen LogP contribution in [-0.4, -0.2) is 25.0 Å². The summed E-state index contributed by atoms with van der Waals surface area (Å²) in [5.41, 5.74) is -0.547. The van der Waals surface area contributed by atoms with Gasteiger partial charge in [0.2, 0.25) is 0 Å². The number of hydrogen-bond acceptors (Lipinski definition) is 3. The van der Waals surface area contributed by atoms with Gasteiger partial charge in [-0.1, -0.05) is 26.7 Å². The molecule has 3 nitrogen and oxygen atoms in total. The maximum atomic E-state index is 13.9. The topological polar surface area (TPSA) is 35.5 Å². The first kappa shape index (κ1) is 15.1. The molecular formula is C12H24FO3P. The van der Waals surface area contributed by atoms with E-state index >= 15 is 0 Å². The summed E-state index contributed by atoms with van der Waals surface area (Å²) in [6, 6.07) is 0. The molecule has 2 unspecified atom stereocenters. The molecule has 5 heteroatoms. The van der Waals surface area contributed by atoms with Crippen LogP contribution in [-0.2, 0) is 13.6 Å². The molecule has 17 heavy (non-hydrogen) atoms. The van der Waals surface area contributed by atoms with Gasteiger partial charge < -0.3 is 9.05 Å². The van der Waals surface area contributed by atoms with Crippen molar-refractivity contribution >= 4 is 7.60 Å². The van der Waals surface area contributed by atoms with Gasteiger partial charge in [0, 0.05) is 0 Å². The van der Waals surface area contributed by atoms with Crippen LogP contribution in [0.2, 0.25) is 0 Å². The number of hydrogen-bond donors (Lipinski definition) is 0. The molecule has 0 heterocycles. The van der Waals surface area contributed by atoms with Gasteiger partial charge in [-0.2, -0.15) is 0 Å². The molecule has 0 amide bonds. The Hall–Kier alpha value is 0.0800. The first-order valence-electron chi connectivity index (χ1n) is 6.67. The van der Waals surface area contributed by atoms with Crippen LogP contribution >= 0.6 is 7.60 Å². The van der Waals surface area contributed by atoms with E-state index in [1.54, 1.807) is 0 Å². The predicted molar refractivity (Wildman–Crippen MR) is 67.2 cm³/mol. The second-order valence-corrected chi connectivity index (χ2v) is 6.83. The number of halogens is 1. The zero-order valence-electron chi connectivity index (χ0n) is 10.9. The Balaban J connectivity index is 2.68. The van der Waals surface area contributed by atoms with Gasteiger partial charge in [0.1, 0.15) is 6.17 Å². The summed E-state index contributed by atoms with van der Waals surface area (Å²) in [6.07, 6.45) is 3.39. The Bertz CT molecular complexity index is 248. The molecule has 2 atom stereocenters. The zero-order valence-corrected chi connectivity index (χ0v) is 11.8. The average Bonchev–Trinajstić information content (AvgIpc) is 2.34. The minimum absolute atomic E-state index is 0.379. The highest BCUT2D eigenvalue weighted by atomic mass is 31.2. The van der Waals surface area contributed by atoms with Crippen LogP contribution in [0.4, 0.5) is 4.39 Å². The van der Waals surface area contributed by atoms with E-state index in [4.69, 9.17) is 9.05 Å². The molecule has 1 saturated carbocycles. The van der Waals surface area contributed by atoms with Crippen molar-refractivity contribution in [1.29, 1.82) is 0 Å². The molecule has 1 fully saturated rings. The second kappa shape index (κ2) is 7.50. The van der Waals surface area contributed by atoms with Crippen molar-refractivity contribution in [3.63, 3.8) is 0 Å². The molecule has 0 saturated heterocycles. The fourth-order valence-electron chi connectivity index (χ4n) is 2.09. The molecule has 1 aliphatic carbocycles. The molecule has 1 rings (SSSR count). The van der Waals surface area contributed by atoms with E-state index in [-0.39, 0.29) is 0 Å². The van der Waals surface area contributed by atoms with Gasteiger partial charge in [-0.05, 0) is 25.7 Å². The van der Waals surface area contributed by atoms with E-state index in [2.05, 4.69) is 0 Å². The molecule has 0 bridgehead atoms. The summed E-state index contributed by atoms with van der Waals surface area (Å²) >= 11 is 0. The third-order valence-electron chi connectivity index (χ3n) is 3.00. The quantitative estimate of drug-likeness (QED) is 0.644. The molecule has 0 N–H and O–H groups in total. The van der Waals surface area contributed by atoms with Crippen molar-refractivity contribution < 1.29 is 18.0 Å². The van der Waals surface area contributed by atoms with Crippen molar-refractivity contribution in [2.45, 2.75) is 64.2 Å². The van der Waals surface area contributed by atoms with Gasteiger partial charge in [-0.15, -0.1) is 0 Å². The summed E-state index contributed by atoms with van der Waals surface area (Å²) in [7, 11) is -3.26. The van der Waals surface area contributed by atoms with E-state index in [9.17, 15) is 8.96 Å². The van der Waals surface area contributed by atoms with E-state index in [1.165, 1.54) is 0 Å². The van der Waals surface area contributed by atoms with Crippen molar-refractivity contribution in [1.82, 2.24) is 0 Å². The predicted octanol–water partition coefficient (Wildman–Crippen LogP) is 4.31. The van der Waals surface area contributed by atoms with E-state index in [0.29, 0.717) is 26.1 Å². The highest BCUT2D eigenvalue weighted by Crippen LogP contribution is 2.58. The van der Waals surface area contributed by atoms with Crippen LogP contribution in [0.3, 0.4) is 0 Å². The van der Waals surface area contributed by atoms with Crippen molar-refractivity contribution in [2.75, 3.05) is 13.2 Å². The average molecular weight is 266 g/mol. The summed E-state index contributed by atoms with van der Waals surface area (Å²) < 4.78 is 37.2. The smallest absolute Gasteiger partial charge is 0.308 e. The molecule has 0 aromatic rings. The molecule has 0 spiro atoms. The van der Waals surface area contributed by atoms with Gasteiger partial charge in [-0.3, -0.25) is 4.57 Å². The van der Waals surface area contributed by atoms with Crippen molar-refractivity contribution in [3.05, 3.63) is 0 Å². The van der Waals surface area contributed by atoms with E-state index < -0.39 is 19.4 Å². The lowest BCUT2D eigenvalue weighted by atomic mass is 9.98. The van der Waals surface area contributed by atoms with Crippen LogP contribution in [0, 0.1) is 0 Å². The Morgan fingerprint density at radius 2 is 1.65 bits per heavy atom. The standard InChI is InChI=1S/C12H24FO3P/c1-3-9-15-17(14,16-10-4-2)12-8-6-5-7-11(12)13/h11-12H,3-10H2,1-2H3. The molecule has 0 aromatic heterocycles. The van der Waals surface area contributed by atoms with Crippen LogP contribution in [0.5, 0.6) is 0 Å². The molecule has 0 aliphatic heterocycles. The highest BCUT2D eigenvalue weighted by molar-refractivity contribution is 7.54. The van der Waals surface area contributed by atoms with Gasteiger partial charge >= 0.3 is 7.60 Å². The monoisotopic (exact) mass is 266 g/mol. The van der Waals surface area contributed by atoms with E-state index in [0.717, 1.165) is 25.7 Å². The zero-order chi connectivity index (χ0) is 12.7. The van der Waals surface area contributed by atoms with E-state index in [1.807, 2.05) is 13.8 Å². The van der Waals surface area contributed by atoms with Gasteiger partial charge in [0.25, 0.3) is 0 Å². The van der Waals surface area contributed by atoms with Gasteiger partial charge in [0.05, 0.1) is 18.9 Å². The largest absolute Gasteiger partial charge is 0.336 e. The van der Waals surface area contributed by atoms with Gasteiger partial charge in [-0.25, -0.2) is 4.39 Å². The maximum Gasteiger partial charge on any atom is 0.336 e. The Labute approximate surface area is 104 Å². The third-order valence-corrected chi connectivity index (χ3v) is 5.48. The van der Waals surface area contributed by atoms with Crippen LogP contribution < -0.4 is 0 Å². The molecule has 102 valence electrons. The summed E-state index contributed by atoms with van der Waals surface area (Å²) in [6.45, 7) is 4.64. The minimum atomic E-state index is -3.26. The first-order chi connectivity index (χ1) is 8.14. The third kappa shape index (κ3) is 4.35. The SMILES string of the molecule is CCCOP(=O)(OCCC)C1CCCCC1F. The number of alkyl halides is 1. The van der Waals surface area contributed by atoms with Crippen molar-refractivity contribution in [3.8, 4) is 0 Å². The fourth-order valence-corrected chi connectivity index (χ4v) is 4.46. The molecule has 0 radical (unpaired) electrons. The Morgan fingerprint density at radius 3 is 2.12 bits per heavy atom. The summed E-state index contributed by atoms with van der Waals surface area (Å²) in [5, 5.41) is 0. The van der Waals surface area contributed by atoms with Crippen LogP contribution in [0.15, 0.2) is 0 Å². The Morgan fingerprint density at radius 1 is 1.12 bits per heavy atom. The summed E-state index contributed by atoms with van der Waals surface area (Å²) in [5.74, 6) is 0. The first-order valence-corrected chi connectivity index (χ1v) is 8.28. The molecule has 1 aliphatic rings. The molecular weight excluding hydrogens is 242 g/mol. The minimum Gasteiger partial charge on any atom is -0.308 e. The Kier molecular flexibility index (Phi) is 6.68. The number of rotatable bonds is 7. The maximum absolute atomic E-state index is 13.9. The van der Waals surface area contributed by atoms with Crippen molar-refractivity contribution in [2.24, 2.45) is 0 Å². The second-order valence-electron chi connectivity index (χ2n) is 4.57. The fraction of sp³-hybridized carbons (Fsp3) is 1.00. The molecule has 0 aromatic carbocycles.